The Hall–Kier alpha value is -0.900. The van der Waals surface area contributed by atoms with E-state index in [4.69, 9.17) is 0 Å². The maximum Gasteiger partial charge on any atom is 0.231 e. The van der Waals surface area contributed by atoms with Gasteiger partial charge in [0.05, 0.1) is 16.6 Å². The SMILES string of the molecule is CCCCCCCCCCC(CCCCCCCCCC)CCCN1C(=O)Cc2ccc(Br)c(F)c21. The van der Waals surface area contributed by atoms with Crippen molar-refractivity contribution in [3.05, 3.63) is 28.0 Å². The third-order valence-electron chi connectivity index (χ3n) is 7.99. The number of hydrogen-bond donors (Lipinski definition) is 0. The maximum absolute atomic E-state index is 14.7. The molecule has 1 aromatic carbocycles. The van der Waals surface area contributed by atoms with Gasteiger partial charge in [0, 0.05) is 6.54 Å². The van der Waals surface area contributed by atoms with E-state index in [1.54, 1.807) is 11.0 Å². The predicted octanol–water partition coefficient (Wildman–Crippen LogP) is 10.9. The third kappa shape index (κ3) is 11.7. The van der Waals surface area contributed by atoms with E-state index in [9.17, 15) is 9.18 Å². The van der Waals surface area contributed by atoms with Crippen LogP contribution in [0.2, 0.25) is 0 Å². The largest absolute Gasteiger partial charge is 0.309 e. The molecular weight excluding hydrogens is 513 g/mol. The molecular formula is C32H53BrFNO. The Morgan fingerprint density at radius 2 is 1.22 bits per heavy atom. The number of anilines is 1. The molecule has 0 saturated carbocycles. The van der Waals surface area contributed by atoms with Gasteiger partial charge in [0.25, 0.3) is 0 Å². The number of rotatable bonds is 22. The van der Waals surface area contributed by atoms with Crippen LogP contribution in [-0.4, -0.2) is 12.5 Å². The molecule has 2 nitrogen and oxygen atoms in total. The van der Waals surface area contributed by atoms with Crippen LogP contribution in [0.4, 0.5) is 10.1 Å². The predicted molar refractivity (Wildman–Crippen MR) is 157 cm³/mol. The zero-order chi connectivity index (χ0) is 26.0. The Labute approximate surface area is 230 Å². The zero-order valence-electron chi connectivity index (χ0n) is 23.4. The second-order valence-corrected chi connectivity index (χ2v) is 12.0. The Kier molecular flexibility index (Phi) is 16.7. The van der Waals surface area contributed by atoms with Crippen LogP contribution in [0.25, 0.3) is 0 Å². The summed E-state index contributed by atoms with van der Waals surface area (Å²) in [5.41, 5.74) is 1.34. The average Bonchev–Trinajstić information content (AvgIpc) is 3.19. The van der Waals surface area contributed by atoms with E-state index < -0.39 is 0 Å². The summed E-state index contributed by atoms with van der Waals surface area (Å²) >= 11 is 3.29. The number of halogens is 2. The van der Waals surface area contributed by atoms with Crippen molar-refractivity contribution in [2.24, 2.45) is 5.92 Å². The second kappa shape index (κ2) is 19.2. The van der Waals surface area contributed by atoms with Gasteiger partial charge in [-0.15, -0.1) is 0 Å². The van der Waals surface area contributed by atoms with E-state index in [0.29, 0.717) is 23.1 Å². The Morgan fingerprint density at radius 3 is 1.75 bits per heavy atom. The van der Waals surface area contributed by atoms with Crippen molar-refractivity contribution >= 4 is 27.5 Å². The van der Waals surface area contributed by atoms with Crippen LogP contribution in [0.3, 0.4) is 0 Å². The lowest BCUT2D eigenvalue weighted by atomic mass is 9.90. The molecule has 2 rings (SSSR count). The summed E-state index contributed by atoms with van der Waals surface area (Å²) in [6.07, 6.45) is 27.0. The molecule has 1 aliphatic heterocycles. The minimum atomic E-state index is -0.284. The minimum absolute atomic E-state index is 0.0460. The van der Waals surface area contributed by atoms with Gasteiger partial charge < -0.3 is 4.90 Å². The number of unbranched alkanes of at least 4 members (excludes halogenated alkanes) is 14. The van der Waals surface area contributed by atoms with Gasteiger partial charge in [-0.3, -0.25) is 4.79 Å². The summed E-state index contributed by atoms with van der Waals surface area (Å²) in [7, 11) is 0. The van der Waals surface area contributed by atoms with Crippen molar-refractivity contribution in [3.8, 4) is 0 Å². The summed E-state index contributed by atoms with van der Waals surface area (Å²) < 4.78 is 15.2. The summed E-state index contributed by atoms with van der Waals surface area (Å²) in [6.45, 7) is 5.20. The molecule has 1 aromatic rings. The highest BCUT2D eigenvalue weighted by molar-refractivity contribution is 9.10. The van der Waals surface area contributed by atoms with E-state index in [-0.39, 0.29) is 11.7 Å². The molecule has 0 aliphatic carbocycles. The smallest absolute Gasteiger partial charge is 0.231 e. The fraction of sp³-hybridized carbons (Fsp3) is 0.781. The molecule has 0 saturated heterocycles. The van der Waals surface area contributed by atoms with Gasteiger partial charge in [0.15, 0.2) is 5.82 Å². The average molecular weight is 567 g/mol. The van der Waals surface area contributed by atoms with Crippen LogP contribution in [0.5, 0.6) is 0 Å². The first-order valence-electron chi connectivity index (χ1n) is 15.4. The Morgan fingerprint density at radius 1 is 0.750 bits per heavy atom. The summed E-state index contributed by atoms with van der Waals surface area (Å²) in [5, 5.41) is 0. The molecule has 36 heavy (non-hydrogen) atoms. The van der Waals surface area contributed by atoms with Gasteiger partial charge in [0.1, 0.15) is 0 Å². The van der Waals surface area contributed by atoms with E-state index >= 15 is 0 Å². The fourth-order valence-corrected chi connectivity index (χ4v) is 6.06. The van der Waals surface area contributed by atoms with Gasteiger partial charge in [-0.1, -0.05) is 135 Å². The van der Waals surface area contributed by atoms with Crippen molar-refractivity contribution in [2.75, 3.05) is 11.4 Å². The van der Waals surface area contributed by atoms with Crippen molar-refractivity contribution in [3.63, 3.8) is 0 Å². The molecule has 0 N–H and O–H groups in total. The lowest BCUT2D eigenvalue weighted by molar-refractivity contribution is -0.117. The topological polar surface area (TPSA) is 20.3 Å². The van der Waals surface area contributed by atoms with E-state index in [1.165, 1.54) is 116 Å². The number of amides is 1. The first-order chi connectivity index (χ1) is 17.6. The van der Waals surface area contributed by atoms with Gasteiger partial charge in [-0.05, 0) is 46.3 Å². The number of fused-ring (bicyclic) bond motifs is 1. The minimum Gasteiger partial charge on any atom is -0.309 e. The summed E-state index contributed by atoms with van der Waals surface area (Å²) in [5.74, 6) is 0.507. The van der Waals surface area contributed by atoms with Crippen LogP contribution in [0, 0.1) is 11.7 Å². The van der Waals surface area contributed by atoms with E-state index in [2.05, 4.69) is 29.8 Å². The standard InChI is InChI=1S/C32H53BrFNO/c1-3-5-7-9-11-13-15-17-20-27(21-18-16-14-12-10-8-6-4-2)22-19-25-35-30(36)26-28-23-24-29(33)31(34)32(28)35/h23-24,27H,3-22,25-26H2,1-2H3. The lowest BCUT2D eigenvalue weighted by Gasteiger charge is -2.21. The van der Waals surface area contributed by atoms with Crippen molar-refractivity contribution in [1.29, 1.82) is 0 Å². The van der Waals surface area contributed by atoms with Crippen LogP contribution >= 0.6 is 15.9 Å². The monoisotopic (exact) mass is 565 g/mol. The molecule has 0 atom stereocenters. The van der Waals surface area contributed by atoms with E-state index in [0.717, 1.165) is 24.3 Å². The molecule has 0 unspecified atom stereocenters. The molecule has 0 aromatic heterocycles. The molecule has 1 amide bonds. The zero-order valence-corrected chi connectivity index (χ0v) is 25.0. The van der Waals surface area contributed by atoms with Crippen LogP contribution in [-0.2, 0) is 11.2 Å². The Bertz CT molecular complexity index is 717. The molecule has 206 valence electrons. The normalized spacial score (nSPS) is 13.2. The van der Waals surface area contributed by atoms with E-state index in [1.807, 2.05) is 6.07 Å². The fourth-order valence-electron chi connectivity index (χ4n) is 5.74. The quantitative estimate of drug-likeness (QED) is 0.128. The van der Waals surface area contributed by atoms with Gasteiger partial charge in [-0.2, -0.15) is 0 Å². The third-order valence-corrected chi connectivity index (χ3v) is 8.60. The highest BCUT2D eigenvalue weighted by atomic mass is 79.9. The van der Waals surface area contributed by atoms with Gasteiger partial charge in [0.2, 0.25) is 5.91 Å². The number of carbonyl (C=O) groups is 1. The summed E-state index contributed by atoms with van der Waals surface area (Å²) in [4.78, 5) is 14.3. The van der Waals surface area contributed by atoms with Gasteiger partial charge in [-0.25, -0.2) is 4.39 Å². The molecule has 0 spiro atoms. The maximum atomic E-state index is 14.7. The number of benzene rings is 1. The van der Waals surface area contributed by atoms with Crippen LogP contribution in [0.15, 0.2) is 16.6 Å². The van der Waals surface area contributed by atoms with Crippen molar-refractivity contribution in [2.45, 2.75) is 149 Å². The molecule has 1 heterocycles. The highest BCUT2D eigenvalue weighted by Gasteiger charge is 2.30. The van der Waals surface area contributed by atoms with Crippen LogP contribution in [0.1, 0.15) is 148 Å². The Balaban J connectivity index is 1.75. The van der Waals surface area contributed by atoms with Crippen molar-refractivity contribution < 1.29 is 9.18 Å². The molecule has 0 bridgehead atoms. The first-order valence-corrected chi connectivity index (χ1v) is 16.1. The second-order valence-electron chi connectivity index (χ2n) is 11.1. The van der Waals surface area contributed by atoms with Crippen molar-refractivity contribution in [1.82, 2.24) is 0 Å². The van der Waals surface area contributed by atoms with Crippen LogP contribution < -0.4 is 4.90 Å². The molecule has 1 aliphatic rings. The molecule has 0 radical (unpaired) electrons. The number of hydrogen-bond acceptors (Lipinski definition) is 1. The molecule has 0 fully saturated rings. The number of nitrogens with zero attached hydrogens (tertiary/aromatic N) is 1. The summed E-state index contributed by atoms with van der Waals surface area (Å²) in [6, 6.07) is 3.60. The highest BCUT2D eigenvalue weighted by Crippen LogP contribution is 2.36. The number of carbonyl (C=O) groups excluding carboxylic acids is 1. The van der Waals surface area contributed by atoms with Gasteiger partial charge >= 0.3 is 0 Å². The lowest BCUT2D eigenvalue weighted by Crippen LogP contribution is -2.28. The first kappa shape index (κ1) is 31.3. The molecule has 4 heteroatoms.